The lowest BCUT2D eigenvalue weighted by Gasteiger charge is -2.25. The van der Waals surface area contributed by atoms with Gasteiger partial charge < -0.3 is 10.1 Å². The molecule has 1 aromatic rings. The van der Waals surface area contributed by atoms with E-state index in [-0.39, 0.29) is 17.1 Å². The van der Waals surface area contributed by atoms with Crippen molar-refractivity contribution in [3.05, 3.63) is 28.1 Å². The second kappa shape index (κ2) is 7.24. The maximum Gasteiger partial charge on any atom is 0.313 e. The molecule has 6 heteroatoms. The van der Waals surface area contributed by atoms with E-state index >= 15 is 0 Å². The van der Waals surface area contributed by atoms with Crippen molar-refractivity contribution in [2.45, 2.75) is 27.7 Å². The van der Waals surface area contributed by atoms with Gasteiger partial charge in [0.15, 0.2) is 11.6 Å². The van der Waals surface area contributed by atoms with Gasteiger partial charge in [0.1, 0.15) is 0 Å². The number of ether oxygens (including phenoxy) is 1. The smallest absolute Gasteiger partial charge is 0.313 e. The van der Waals surface area contributed by atoms with Crippen LogP contribution >= 0.6 is 0 Å². The number of anilines is 1. The van der Waals surface area contributed by atoms with Crippen molar-refractivity contribution < 1.29 is 14.1 Å². The van der Waals surface area contributed by atoms with Crippen LogP contribution in [0.4, 0.5) is 15.8 Å². The Balaban J connectivity index is 2.96. The molecular weight excluding hydrogens is 275 g/mol. The predicted molar refractivity (Wildman–Crippen MR) is 81.3 cm³/mol. The van der Waals surface area contributed by atoms with Crippen LogP contribution in [0.2, 0.25) is 0 Å². The summed E-state index contributed by atoms with van der Waals surface area (Å²) < 4.78 is 18.9. The van der Waals surface area contributed by atoms with Crippen molar-refractivity contribution in [2.24, 2.45) is 17.8 Å². The molecule has 118 valence electrons. The molecule has 0 radical (unpaired) electrons. The molecule has 0 saturated carbocycles. The van der Waals surface area contributed by atoms with Crippen LogP contribution in [0.25, 0.3) is 0 Å². The van der Waals surface area contributed by atoms with Gasteiger partial charge in [0.2, 0.25) is 0 Å². The molecule has 0 amide bonds. The van der Waals surface area contributed by atoms with Crippen molar-refractivity contribution in [1.82, 2.24) is 0 Å². The van der Waals surface area contributed by atoms with Gasteiger partial charge in [-0.3, -0.25) is 10.1 Å². The number of rotatable bonds is 7. The molecule has 0 spiro atoms. The Morgan fingerprint density at radius 1 is 1.29 bits per heavy atom. The Morgan fingerprint density at radius 3 is 2.29 bits per heavy atom. The van der Waals surface area contributed by atoms with Crippen molar-refractivity contribution in [3.63, 3.8) is 0 Å². The zero-order valence-corrected chi connectivity index (χ0v) is 13.1. The van der Waals surface area contributed by atoms with Crippen molar-refractivity contribution >= 4 is 11.4 Å². The molecule has 0 bridgehead atoms. The lowest BCUT2D eigenvalue weighted by molar-refractivity contribution is -0.385. The van der Waals surface area contributed by atoms with Gasteiger partial charge in [-0.1, -0.05) is 27.7 Å². The maximum atomic E-state index is 14.0. The summed E-state index contributed by atoms with van der Waals surface area (Å²) in [4.78, 5) is 10.2. The lowest BCUT2D eigenvalue weighted by atomic mass is 9.85. The van der Waals surface area contributed by atoms with Crippen LogP contribution in [0.3, 0.4) is 0 Å². The molecule has 0 saturated heterocycles. The van der Waals surface area contributed by atoms with Gasteiger partial charge >= 0.3 is 5.69 Å². The third-order valence-corrected chi connectivity index (χ3v) is 3.71. The number of hydrogen-bond acceptors (Lipinski definition) is 4. The number of hydrogen-bond donors (Lipinski definition) is 1. The Morgan fingerprint density at radius 2 is 1.86 bits per heavy atom. The van der Waals surface area contributed by atoms with E-state index in [9.17, 15) is 14.5 Å². The summed E-state index contributed by atoms with van der Waals surface area (Å²) in [5.41, 5.74) is -0.145. The standard InChI is InChI=1S/C15H23FN2O3/c1-9(2)11(10(3)4)8-17-13-7-15(21-5)14(18(19)20)6-12(13)16/h6-7,9-11,17H,8H2,1-5H3. The zero-order chi connectivity index (χ0) is 16.2. The molecule has 1 N–H and O–H groups in total. The molecule has 0 aliphatic rings. The SMILES string of the molecule is COc1cc(NCC(C(C)C)C(C)C)c(F)cc1[N+](=O)[O-]. The van der Waals surface area contributed by atoms with Crippen LogP contribution in [0, 0.1) is 33.7 Å². The topological polar surface area (TPSA) is 64.4 Å². The second-order valence-electron chi connectivity index (χ2n) is 5.79. The maximum absolute atomic E-state index is 14.0. The highest BCUT2D eigenvalue weighted by Crippen LogP contribution is 2.32. The molecule has 21 heavy (non-hydrogen) atoms. The highest BCUT2D eigenvalue weighted by molar-refractivity contribution is 5.59. The number of nitrogens with one attached hydrogen (secondary N) is 1. The van der Waals surface area contributed by atoms with Crippen LogP contribution in [0.1, 0.15) is 27.7 Å². The number of nitro groups is 1. The third kappa shape index (κ3) is 4.31. The molecular formula is C15H23FN2O3. The van der Waals surface area contributed by atoms with Gasteiger partial charge in [0, 0.05) is 12.6 Å². The van der Waals surface area contributed by atoms with Gasteiger partial charge in [0.05, 0.1) is 23.8 Å². The van der Waals surface area contributed by atoms with Crippen molar-refractivity contribution in [1.29, 1.82) is 0 Å². The quantitative estimate of drug-likeness (QED) is 0.608. The van der Waals surface area contributed by atoms with E-state index in [2.05, 4.69) is 33.0 Å². The normalized spacial score (nSPS) is 11.3. The minimum atomic E-state index is -0.656. The molecule has 5 nitrogen and oxygen atoms in total. The third-order valence-electron chi connectivity index (χ3n) is 3.71. The van der Waals surface area contributed by atoms with E-state index in [1.54, 1.807) is 0 Å². The first-order valence-corrected chi connectivity index (χ1v) is 7.03. The number of methoxy groups -OCH3 is 1. The highest BCUT2D eigenvalue weighted by Gasteiger charge is 2.21. The first kappa shape index (κ1) is 17.2. The highest BCUT2D eigenvalue weighted by atomic mass is 19.1. The first-order chi connectivity index (χ1) is 9.77. The van der Waals surface area contributed by atoms with E-state index in [0.717, 1.165) is 6.07 Å². The second-order valence-corrected chi connectivity index (χ2v) is 5.79. The van der Waals surface area contributed by atoms with Gasteiger partial charge in [-0.2, -0.15) is 0 Å². The number of nitro benzene ring substituents is 1. The largest absolute Gasteiger partial charge is 0.490 e. The van der Waals surface area contributed by atoms with Gasteiger partial charge in [-0.25, -0.2) is 4.39 Å². The Hall–Kier alpha value is -1.85. The molecule has 0 fully saturated rings. The summed E-state index contributed by atoms with van der Waals surface area (Å²) in [6, 6.07) is 2.23. The average molecular weight is 298 g/mol. The lowest BCUT2D eigenvalue weighted by Crippen LogP contribution is -2.24. The molecule has 1 aromatic carbocycles. The number of nitrogens with zero attached hydrogens (tertiary/aromatic N) is 1. The van der Waals surface area contributed by atoms with Crippen LogP contribution in [-0.4, -0.2) is 18.6 Å². The van der Waals surface area contributed by atoms with Crippen molar-refractivity contribution in [2.75, 3.05) is 19.0 Å². The van der Waals surface area contributed by atoms with Crippen LogP contribution < -0.4 is 10.1 Å². The fraction of sp³-hybridized carbons (Fsp3) is 0.600. The van der Waals surface area contributed by atoms with E-state index < -0.39 is 10.7 Å². The van der Waals surface area contributed by atoms with E-state index in [1.807, 2.05) is 0 Å². The Kier molecular flexibility index (Phi) is 5.93. The fourth-order valence-electron chi connectivity index (χ4n) is 2.45. The first-order valence-electron chi connectivity index (χ1n) is 7.03. The Labute approximate surface area is 124 Å². The van der Waals surface area contributed by atoms with E-state index in [4.69, 9.17) is 4.74 Å². The molecule has 0 atom stereocenters. The molecule has 0 unspecified atom stereocenters. The summed E-state index contributed by atoms with van der Waals surface area (Å²) in [5, 5.41) is 13.9. The summed E-state index contributed by atoms with van der Waals surface area (Å²) in [7, 11) is 1.33. The van der Waals surface area contributed by atoms with Crippen LogP contribution in [-0.2, 0) is 0 Å². The molecule has 1 rings (SSSR count). The molecule has 0 aromatic heterocycles. The number of benzene rings is 1. The van der Waals surface area contributed by atoms with Gasteiger partial charge in [0.25, 0.3) is 0 Å². The molecule has 0 aliphatic heterocycles. The van der Waals surface area contributed by atoms with Crippen LogP contribution in [0.5, 0.6) is 5.75 Å². The van der Waals surface area contributed by atoms with Gasteiger partial charge in [-0.05, 0) is 17.8 Å². The van der Waals surface area contributed by atoms with E-state index in [1.165, 1.54) is 13.2 Å². The zero-order valence-electron chi connectivity index (χ0n) is 13.1. The molecule has 0 heterocycles. The minimum absolute atomic E-state index is 0.0505. The average Bonchev–Trinajstić information content (AvgIpc) is 2.39. The summed E-state index contributed by atoms with van der Waals surface area (Å²) >= 11 is 0. The summed E-state index contributed by atoms with van der Waals surface area (Å²) in [5.74, 6) is 0.704. The minimum Gasteiger partial charge on any atom is -0.490 e. The Bertz CT molecular complexity index is 496. The van der Waals surface area contributed by atoms with Crippen LogP contribution in [0.15, 0.2) is 12.1 Å². The van der Waals surface area contributed by atoms with Crippen molar-refractivity contribution in [3.8, 4) is 5.75 Å². The summed E-state index contributed by atoms with van der Waals surface area (Å²) in [6.07, 6.45) is 0. The number of halogens is 1. The molecule has 0 aliphatic carbocycles. The monoisotopic (exact) mass is 298 g/mol. The van der Waals surface area contributed by atoms with E-state index in [0.29, 0.717) is 24.3 Å². The van der Waals surface area contributed by atoms with Gasteiger partial charge in [-0.15, -0.1) is 0 Å². The predicted octanol–water partition coefficient (Wildman–Crippen LogP) is 4.08. The summed E-state index contributed by atoms with van der Waals surface area (Å²) in [6.45, 7) is 9.10. The fourth-order valence-corrected chi connectivity index (χ4v) is 2.45.